The van der Waals surface area contributed by atoms with Crippen molar-refractivity contribution in [2.45, 2.75) is 5.41 Å². The van der Waals surface area contributed by atoms with Crippen molar-refractivity contribution >= 4 is 43.4 Å². The Morgan fingerprint density at radius 2 is 1.06 bits per heavy atom. The van der Waals surface area contributed by atoms with E-state index in [1.54, 1.807) is 11.3 Å². The molecule has 9 aromatic rings. The molecular weight excluding hydrogens is 589 g/mol. The molecule has 2 heterocycles. The van der Waals surface area contributed by atoms with Gasteiger partial charge in [-0.05, 0) is 99.1 Å². The summed E-state index contributed by atoms with van der Waals surface area (Å²) in [5.41, 5.74) is 16.2. The summed E-state index contributed by atoms with van der Waals surface area (Å²) >= 11 is 1.75. The van der Waals surface area contributed by atoms with Gasteiger partial charge < -0.3 is 4.57 Å². The van der Waals surface area contributed by atoms with Gasteiger partial charge in [0.1, 0.15) is 5.01 Å². The van der Waals surface area contributed by atoms with Crippen LogP contribution in [0.4, 0.5) is 0 Å². The molecule has 2 aliphatic carbocycles. The van der Waals surface area contributed by atoms with Crippen LogP contribution in [0.5, 0.6) is 0 Å². The summed E-state index contributed by atoms with van der Waals surface area (Å²) in [6, 6.07) is 58.3. The van der Waals surface area contributed by atoms with Gasteiger partial charge >= 0.3 is 0 Å². The molecule has 0 atom stereocenters. The Hall–Kier alpha value is -5.77. The van der Waals surface area contributed by atoms with E-state index in [2.05, 4.69) is 162 Å². The first kappa shape index (κ1) is 25.4. The minimum atomic E-state index is -0.352. The van der Waals surface area contributed by atoms with Crippen LogP contribution in [0.25, 0.3) is 70.5 Å². The predicted molar refractivity (Wildman–Crippen MR) is 196 cm³/mol. The zero-order valence-electron chi connectivity index (χ0n) is 25.3. The van der Waals surface area contributed by atoms with Gasteiger partial charge in [0.2, 0.25) is 0 Å². The topological polar surface area (TPSA) is 17.8 Å². The first-order valence-corrected chi connectivity index (χ1v) is 17.0. The Labute approximate surface area is 275 Å². The Bertz CT molecular complexity index is 2670. The van der Waals surface area contributed by atoms with E-state index in [1.807, 2.05) is 0 Å². The van der Waals surface area contributed by atoms with Crippen molar-refractivity contribution in [3.8, 4) is 38.5 Å². The van der Waals surface area contributed by atoms with Crippen LogP contribution in [0.2, 0.25) is 0 Å². The number of thiazole rings is 1. The number of rotatable bonds is 2. The first-order valence-electron chi connectivity index (χ1n) is 16.1. The van der Waals surface area contributed by atoms with Gasteiger partial charge in [0.25, 0.3) is 0 Å². The fraction of sp³-hybridized carbons (Fsp3) is 0.0227. The SMILES string of the molecule is c1ccc2c(c1)-c1ccccc1C21c2ccccc2-c2cc3c(cc21)c1ccccc1n3-c1ccc(-c2nc3ccccc3s2)cc1. The maximum atomic E-state index is 4.91. The van der Waals surface area contributed by atoms with Crippen LogP contribution in [0.1, 0.15) is 22.3 Å². The monoisotopic (exact) mass is 614 g/mol. The van der Waals surface area contributed by atoms with Crippen molar-refractivity contribution in [3.05, 3.63) is 180 Å². The molecule has 2 nitrogen and oxygen atoms in total. The molecule has 2 aromatic heterocycles. The highest BCUT2D eigenvalue weighted by molar-refractivity contribution is 7.21. The Morgan fingerprint density at radius 3 is 1.77 bits per heavy atom. The number of nitrogens with zero attached hydrogens (tertiary/aromatic N) is 2. The number of para-hydroxylation sites is 2. The molecule has 0 unspecified atom stereocenters. The van der Waals surface area contributed by atoms with E-state index in [1.165, 1.54) is 71.0 Å². The van der Waals surface area contributed by atoms with E-state index in [4.69, 9.17) is 4.98 Å². The molecule has 0 saturated heterocycles. The summed E-state index contributed by atoms with van der Waals surface area (Å²) in [5.74, 6) is 0. The summed E-state index contributed by atoms with van der Waals surface area (Å²) < 4.78 is 3.66. The average Bonchev–Trinajstić information content (AvgIpc) is 3.87. The minimum Gasteiger partial charge on any atom is -0.309 e. The lowest BCUT2D eigenvalue weighted by Gasteiger charge is -2.30. The van der Waals surface area contributed by atoms with Crippen molar-refractivity contribution in [1.82, 2.24) is 9.55 Å². The molecule has 0 bridgehead atoms. The van der Waals surface area contributed by atoms with Crippen LogP contribution in [-0.4, -0.2) is 9.55 Å². The normalized spacial score (nSPS) is 13.7. The van der Waals surface area contributed by atoms with E-state index in [0.717, 1.165) is 21.8 Å². The second kappa shape index (κ2) is 9.16. The molecule has 1 spiro atoms. The molecule has 0 amide bonds. The van der Waals surface area contributed by atoms with Gasteiger partial charge in [-0.25, -0.2) is 4.98 Å². The van der Waals surface area contributed by atoms with Gasteiger partial charge in [-0.2, -0.15) is 0 Å². The summed E-state index contributed by atoms with van der Waals surface area (Å²) in [4.78, 5) is 4.91. The molecule has 218 valence electrons. The highest BCUT2D eigenvalue weighted by Crippen LogP contribution is 2.63. The van der Waals surface area contributed by atoms with Gasteiger partial charge in [-0.1, -0.05) is 103 Å². The Kier molecular flexibility index (Phi) is 4.95. The lowest BCUT2D eigenvalue weighted by molar-refractivity contribution is 0.795. The number of fused-ring (bicyclic) bond motifs is 14. The quantitative estimate of drug-likeness (QED) is 0.189. The van der Waals surface area contributed by atoms with Crippen molar-refractivity contribution in [3.63, 3.8) is 0 Å². The van der Waals surface area contributed by atoms with Gasteiger partial charge in [0.15, 0.2) is 0 Å². The third kappa shape index (κ3) is 3.22. The smallest absolute Gasteiger partial charge is 0.124 e. The van der Waals surface area contributed by atoms with Crippen molar-refractivity contribution in [2.75, 3.05) is 0 Å². The minimum absolute atomic E-state index is 0.352. The largest absolute Gasteiger partial charge is 0.309 e. The average molecular weight is 615 g/mol. The van der Waals surface area contributed by atoms with Crippen LogP contribution in [-0.2, 0) is 5.41 Å². The number of benzene rings is 7. The third-order valence-electron chi connectivity index (χ3n) is 10.5. The van der Waals surface area contributed by atoms with Crippen LogP contribution in [0, 0.1) is 0 Å². The molecule has 47 heavy (non-hydrogen) atoms. The molecule has 7 aromatic carbocycles. The fourth-order valence-electron chi connectivity index (χ4n) is 8.58. The molecule has 2 aliphatic rings. The fourth-order valence-corrected chi connectivity index (χ4v) is 9.55. The standard InChI is InChI=1S/C44H26N2S/c1-5-15-35-29(11-1)30-12-2-6-16-36(30)44(35)37-17-7-3-13-31(37)33-26-41-34(25-38(33)44)32-14-4-9-19-40(32)46(41)28-23-21-27(22-24-28)43-45-39-18-8-10-20-42(39)47-43/h1-26H. The zero-order valence-corrected chi connectivity index (χ0v) is 26.1. The Morgan fingerprint density at radius 1 is 0.468 bits per heavy atom. The van der Waals surface area contributed by atoms with E-state index in [9.17, 15) is 0 Å². The molecular formula is C44H26N2S. The summed E-state index contributed by atoms with van der Waals surface area (Å²) in [6.45, 7) is 0. The number of aromatic nitrogens is 2. The second-order valence-corrected chi connectivity index (χ2v) is 13.7. The highest BCUT2D eigenvalue weighted by atomic mass is 32.1. The van der Waals surface area contributed by atoms with E-state index in [0.29, 0.717) is 0 Å². The van der Waals surface area contributed by atoms with Crippen LogP contribution in [0.15, 0.2) is 158 Å². The van der Waals surface area contributed by atoms with Crippen molar-refractivity contribution in [2.24, 2.45) is 0 Å². The highest BCUT2D eigenvalue weighted by Gasteiger charge is 2.51. The van der Waals surface area contributed by atoms with Crippen molar-refractivity contribution in [1.29, 1.82) is 0 Å². The lowest BCUT2D eigenvalue weighted by atomic mass is 9.70. The molecule has 0 aliphatic heterocycles. The van der Waals surface area contributed by atoms with Crippen molar-refractivity contribution < 1.29 is 0 Å². The summed E-state index contributed by atoms with van der Waals surface area (Å²) in [6.07, 6.45) is 0. The van der Waals surface area contributed by atoms with Gasteiger partial charge in [0.05, 0.1) is 26.7 Å². The van der Waals surface area contributed by atoms with Crippen LogP contribution < -0.4 is 0 Å². The maximum Gasteiger partial charge on any atom is 0.124 e. The van der Waals surface area contributed by atoms with Crippen LogP contribution >= 0.6 is 11.3 Å². The molecule has 0 saturated carbocycles. The van der Waals surface area contributed by atoms with Gasteiger partial charge in [0, 0.05) is 22.0 Å². The van der Waals surface area contributed by atoms with E-state index < -0.39 is 0 Å². The van der Waals surface area contributed by atoms with Gasteiger partial charge in [-0.15, -0.1) is 11.3 Å². The zero-order chi connectivity index (χ0) is 30.7. The molecule has 0 radical (unpaired) electrons. The third-order valence-corrected chi connectivity index (χ3v) is 11.5. The Balaban J connectivity index is 1.18. The van der Waals surface area contributed by atoms with Gasteiger partial charge in [-0.3, -0.25) is 0 Å². The number of hydrogen-bond donors (Lipinski definition) is 0. The van der Waals surface area contributed by atoms with E-state index in [-0.39, 0.29) is 5.41 Å². The molecule has 11 rings (SSSR count). The predicted octanol–water partition coefficient (Wildman–Crippen LogP) is 11.4. The molecule has 0 fully saturated rings. The summed E-state index contributed by atoms with van der Waals surface area (Å²) in [7, 11) is 0. The van der Waals surface area contributed by atoms with Crippen LogP contribution in [0.3, 0.4) is 0 Å². The lowest BCUT2D eigenvalue weighted by Crippen LogP contribution is -2.25. The van der Waals surface area contributed by atoms with E-state index >= 15 is 0 Å². The maximum absolute atomic E-state index is 4.91. The molecule has 0 N–H and O–H groups in total. The summed E-state index contributed by atoms with van der Waals surface area (Å²) in [5, 5.41) is 3.60. The first-order chi connectivity index (χ1) is 23.3. The number of hydrogen-bond acceptors (Lipinski definition) is 2. The second-order valence-electron chi connectivity index (χ2n) is 12.7. The molecule has 3 heteroatoms.